The summed E-state index contributed by atoms with van der Waals surface area (Å²) in [5.41, 5.74) is 3.91. The van der Waals surface area contributed by atoms with Gasteiger partial charge in [0.05, 0.1) is 6.04 Å². The van der Waals surface area contributed by atoms with E-state index in [0.29, 0.717) is 0 Å². The molecule has 0 radical (unpaired) electrons. The second-order valence-electron chi connectivity index (χ2n) is 5.15. The third-order valence-corrected chi connectivity index (χ3v) is 4.43. The fourth-order valence-corrected chi connectivity index (χ4v) is 3.48. The van der Waals surface area contributed by atoms with Crippen molar-refractivity contribution in [2.45, 2.75) is 32.7 Å². The number of rotatable bonds is 6. The molecule has 0 aromatic heterocycles. The molecule has 112 valence electrons. The Balaban J connectivity index is 2.40. The van der Waals surface area contributed by atoms with Crippen LogP contribution in [0, 0.1) is 0 Å². The minimum Gasteiger partial charge on any atom is -0.306 e. The first-order chi connectivity index (χ1) is 10.2. The van der Waals surface area contributed by atoms with Gasteiger partial charge in [-0.2, -0.15) is 0 Å². The highest BCUT2D eigenvalue weighted by molar-refractivity contribution is 9.10. The van der Waals surface area contributed by atoms with Gasteiger partial charge in [-0.1, -0.05) is 78.1 Å². The highest BCUT2D eigenvalue weighted by Gasteiger charge is 2.16. The minimum atomic E-state index is 0.179. The lowest BCUT2D eigenvalue weighted by Crippen LogP contribution is -2.22. The Morgan fingerprint density at radius 3 is 2.62 bits per heavy atom. The van der Waals surface area contributed by atoms with Crippen LogP contribution in [0.1, 0.15) is 43.0 Å². The number of aryl methyl sites for hydroxylation is 1. The predicted octanol–water partition coefficient (Wildman–Crippen LogP) is 5.75. The maximum absolute atomic E-state index is 6.06. The van der Waals surface area contributed by atoms with Gasteiger partial charge in [-0.05, 0) is 41.8 Å². The minimum absolute atomic E-state index is 0.179. The van der Waals surface area contributed by atoms with E-state index in [1.807, 2.05) is 12.1 Å². The molecule has 0 aliphatic heterocycles. The molecule has 1 N–H and O–H groups in total. The van der Waals surface area contributed by atoms with E-state index < -0.39 is 0 Å². The van der Waals surface area contributed by atoms with Gasteiger partial charge < -0.3 is 5.32 Å². The standard InChI is InChI=1S/C18H21BrClN/c1-3-6-13-7-5-8-14(11-13)18(21-4-2)16-10-9-15(20)12-17(16)19/h5,7-12,18,21H,3-4,6H2,1-2H3. The number of hydrogen-bond donors (Lipinski definition) is 1. The van der Waals surface area contributed by atoms with Gasteiger partial charge in [0.15, 0.2) is 0 Å². The average Bonchev–Trinajstić information content (AvgIpc) is 2.46. The summed E-state index contributed by atoms with van der Waals surface area (Å²) in [7, 11) is 0. The summed E-state index contributed by atoms with van der Waals surface area (Å²) in [4.78, 5) is 0. The normalized spacial score (nSPS) is 12.4. The van der Waals surface area contributed by atoms with E-state index in [2.05, 4.69) is 65.4 Å². The molecule has 0 spiro atoms. The molecule has 21 heavy (non-hydrogen) atoms. The molecule has 3 heteroatoms. The van der Waals surface area contributed by atoms with Crippen molar-refractivity contribution in [1.82, 2.24) is 5.32 Å². The molecule has 0 bridgehead atoms. The van der Waals surface area contributed by atoms with Gasteiger partial charge in [-0.15, -0.1) is 0 Å². The molecule has 2 aromatic rings. The highest BCUT2D eigenvalue weighted by Crippen LogP contribution is 2.31. The molecule has 0 heterocycles. The van der Waals surface area contributed by atoms with Gasteiger partial charge >= 0.3 is 0 Å². The Kier molecular flexibility index (Phi) is 6.28. The van der Waals surface area contributed by atoms with Crippen molar-refractivity contribution in [2.75, 3.05) is 6.54 Å². The average molecular weight is 367 g/mol. The second-order valence-corrected chi connectivity index (χ2v) is 6.44. The summed E-state index contributed by atoms with van der Waals surface area (Å²) >= 11 is 9.70. The van der Waals surface area contributed by atoms with Crippen LogP contribution >= 0.6 is 27.5 Å². The van der Waals surface area contributed by atoms with Gasteiger partial charge in [-0.3, -0.25) is 0 Å². The number of benzene rings is 2. The Labute approximate surface area is 140 Å². The summed E-state index contributed by atoms with van der Waals surface area (Å²) in [6.45, 7) is 5.26. The predicted molar refractivity (Wildman–Crippen MR) is 95.1 cm³/mol. The van der Waals surface area contributed by atoms with E-state index in [1.54, 1.807) is 0 Å². The van der Waals surface area contributed by atoms with Crippen LogP contribution in [0.2, 0.25) is 5.02 Å². The maximum Gasteiger partial charge on any atom is 0.0587 e. The summed E-state index contributed by atoms with van der Waals surface area (Å²) in [5.74, 6) is 0. The molecule has 1 nitrogen and oxygen atoms in total. The van der Waals surface area contributed by atoms with E-state index in [4.69, 9.17) is 11.6 Å². The van der Waals surface area contributed by atoms with E-state index in [-0.39, 0.29) is 6.04 Å². The first-order valence-electron chi connectivity index (χ1n) is 7.42. The molecular formula is C18H21BrClN. The fraction of sp³-hybridized carbons (Fsp3) is 0.333. The second kappa shape index (κ2) is 7.98. The lowest BCUT2D eigenvalue weighted by atomic mass is 9.96. The largest absolute Gasteiger partial charge is 0.306 e. The maximum atomic E-state index is 6.06. The smallest absolute Gasteiger partial charge is 0.0587 e. The Morgan fingerprint density at radius 2 is 1.95 bits per heavy atom. The first-order valence-corrected chi connectivity index (χ1v) is 8.60. The van der Waals surface area contributed by atoms with Gasteiger partial charge in [0.1, 0.15) is 0 Å². The number of hydrogen-bond acceptors (Lipinski definition) is 1. The van der Waals surface area contributed by atoms with Crippen LogP contribution in [0.3, 0.4) is 0 Å². The molecule has 0 fully saturated rings. The van der Waals surface area contributed by atoms with E-state index in [9.17, 15) is 0 Å². The van der Waals surface area contributed by atoms with Crippen LogP contribution in [-0.2, 0) is 6.42 Å². The zero-order chi connectivity index (χ0) is 15.2. The topological polar surface area (TPSA) is 12.0 Å². The van der Waals surface area contributed by atoms with Crippen LogP contribution in [-0.4, -0.2) is 6.54 Å². The van der Waals surface area contributed by atoms with Crippen LogP contribution in [0.25, 0.3) is 0 Å². The molecule has 0 amide bonds. The lowest BCUT2D eigenvalue weighted by molar-refractivity contribution is 0.627. The molecule has 0 saturated heterocycles. The van der Waals surface area contributed by atoms with Crippen molar-refractivity contribution in [3.8, 4) is 0 Å². The van der Waals surface area contributed by atoms with Crippen molar-refractivity contribution in [1.29, 1.82) is 0 Å². The Hall–Kier alpha value is -0.830. The zero-order valence-corrected chi connectivity index (χ0v) is 14.8. The monoisotopic (exact) mass is 365 g/mol. The third kappa shape index (κ3) is 4.32. The molecule has 1 unspecified atom stereocenters. The molecule has 1 atom stereocenters. The Bertz CT molecular complexity index is 598. The summed E-state index contributed by atoms with van der Waals surface area (Å²) in [6, 6.07) is 15.0. The van der Waals surface area contributed by atoms with Gasteiger partial charge in [0.25, 0.3) is 0 Å². The van der Waals surface area contributed by atoms with E-state index >= 15 is 0 Å². The highest BCUT2D eigenvalue weighted by atomic mass is 79.9. The van der Waals surface area contributed by atoms with Gasteiger partial charge in [0.2, 0.25) is 0 Å². The van der Waals surface area contributed by atoms with Gasteiger partial charge in [0, 0.05) is 9.50 Å². The first kappa shape index (κ1) is 16.5. The molecule has 0 aliphatic carbocycles. The molecular weight excluding hydrogens is 346 g/mol. The van der Waals surface area contributed by atoms with Crippen molar-refractivity contribution in [2.24, 2.45) is 0 Å². The zero-order valence-electron chi connectivity index (χ0n) is 12.5. The fourth-order valence-electron chi connectivity index (χ4n) is 2.56. The Morgan fingerprint density at radius 1 is 1.14 bits per heavy atom. The SMILES string of the molecule is CCCc1cccc(C(NCC)c2ccc(Cl)cc2Br)c1. The summed E-state index contributed by atoms with van der Waals surface area (Å²) in [6.07, 6.45) is 2.29. The molecule has 2 rings (SSSR count). The third-order valence-electron chi connectivity index (χ3n) is 3.50. The molecule has 0 saturated carbocycles. The van der Waals surface area contributed by atoms with Crippen molar-refractivity contribution >= 4 is 27.5 Å². The number of halogens is 2. The van der Waals surface area contributed by atoms with Crippen molar-refractivity contribution < 1.29 is 0 Å². The van der Waals surface area contributed by atoms with Crippen LogP contribution in [0.5, 0.6) is 0 Å². The molecule has 2 aromatic carbocycles. The lowest BCUT2D eigenvalue weighted by Gasteiger charge is -2.21. The van der Waals surface area contributed by atoms with Crippen LogP contribution < -0.4 is 5.32 Å². The van der Waals surface area contributed by atoms with E-state index in [0.717, 1.165) is 22.5 Å². The van der Waals surface area contributed by atoms with E-state index in [1.165, 1.54) is 23.1 Å². The number of nitrogens with one attached hydrogen (secondary N) is 1. The molecule has 0 aliphatic rings. The quantitative estimate of drug-likeness (QED) is 0.686. The van der Waals surface area contributed by atoms with Crippen molar-refractivity contribution in [3.05, 3.63) is 68.7 Å². The van der Waals surface area contributed by atoms with Gasteiger partial charge in [-0.25, -0.2) is 0 Å². The van der Waals surface area contributed by atoms with Crippen molar-refractivity contribution in [3.63, 3.8) is 0 Å². The van der Waals surface area contributed by atoms with Crippen LogP contribution in [0.4, 0.5) is 0 Å². The van der Waals surface area contributed by atoms with Crippen LogP contribution in [0.15, 0.2) is 46.9 Å². The summed E-state index contributed by atoms with van der Waals surface area (Å²) < 4.78 is 1.04. The summed E-state index contributed by atoms with van der Waals surface area (Å²) in [5, 5.41) is 4.32.